The fraction of sp³-hybridized carbons (Fsp3) is 0.400. The van der Waals surface area contributed by atoms with E-state index in [1.54, 1.807) is 6.92 Å². The topological polar surface area (TPSA) is 139 Å². The zero-order valence-corrected chi connectivity index (χ0v) is 10.7. The van der Waals surface area contributed by atoms with Crippen LogP contribution in [0.2, 0.25) is 0 Å². The summed E-state index contributed by atoms with van der Waals surface area (Å²) in [5, 5.41) is 26.1. The number of sulfonamides is 1. The highest BCUT2D eigenvalue weighted by Gasteiger charge is 2.22. The lowest BCUT2D eigenvalue weighted by Gasteiger charge is -2.27. The van der Waals surface area contributed by atoms with E-state index in [-0.39, 0.29) is 23.8 Å². The Morgan fingerprint density at radius 3 is 2.28 bits per heavy atom. The third-order valence-electron chi connectivity index (χ3n) is 2.40. The summed E-state index contributed by atoms with van der Waals surface area (Å²) in [7, 11) is -3.86. The molecule has 0 saturated carbocycles. The number of benzene rings is 1. The average molecular weight is 275 g/mol. The molecule has 0 radical (unpaired) electrons. The molecule has 18 heavy (non-hydrogen) atoms. The van der Waals surface area contributed by atoms with Crippen molar-refractivity contribution in [2.45, 2.75) is 17.4 Å². The van der Waals surface area contributed by atoms with Crippen molar-refractivity contribution in [2.75, 3.05) is 24.3 Å². The first-order chi connectivity index (χ1) is 8.20. The summed E-state index contributed by atoms with van der Waals surface area (Å²) in [6, 6.07) is 4.00. The first-order valence-corrected chi connectivity index (χ1v) is 6.68. The molecule has 0 aliphatic heterocycles. The average Bonchev–Trinajstić information content (AvgIpc) is 2.27. The number of hydrogen-bond donors (Lipinski definition) is 5. The first kappa shape index (κ1) is 14.7. The Bertz CT molecular complexity index is 526. The summed E-state index contributed by atoms with van der Waals surface area (Å²) in [6.07, 6.45) is 0. The summed E-state index contributed by atoms with van der Waals surface area (Å²) in [5.74, 6) is 0. The number of hydrogen-bond acceptors (Lipinski definition) is 6. The predicted molar refractivity (Wildman–Crippen MR) is 68.4 cm³/mol. The van der Waals surface area contributed by atoms with Crippen molar-refractivity contribution >= 4 is 21.4 Å². The van der Waals surface area contributed by atoms with Crippen molar-refractivity contribution in [3.63, 3.8) is 0 Å². The number of nitrogens with one attached hydrogen (secondary N) is 1. The van der Waals surface area contributed by atoms with E-state index in [1.165, 1.54) is 18.2 Å². The molecule has 0 spiro atoms. The largest absolute Gasteiger partial charge is 0.399 e. The van der Waals surface area contributed by atoms with Gasteiger partial charge in [0.1, 0.15) is 0 Å². The molecule has 7 N–H and O–H groups in total. The molecular formula is C10H17N3O4S. The second kappa shape index (κ2) is 5.11. The third-order valence-corrected chi connectivity index (χ3v) is 3.29. The fourth-order valence-electron chi connectivity index (χ4n) is 1.34. The van der Waals surface area contributed by atoms with Crippen LogP contribution in [0.3, 0.4) is 0 Å². The minimum absolute atomic E-state index is 0.136. The first-order valence-electron chi connectivity index (χ1n) is 5.13. The molecule has 0 unspecified atom stereocenters. The Morgan fingerprint density at radius 2 is 1.83 bits per heavy atom. The standard InChI is InChI=1S/C10H17N3O4S/c1-10(5-14,6-15)13-8-2-7(11)3-9(4-8)18(12,16)17/h2-4,13-15H,5-6,11H2,1H3,(H2,12,16,17). The van der Waals surface area contributed by atoms with Gasteiger partial charge in [-0.3, -0.25) is 0 Å². The van der Waals surface area contributed by atoms with Crippen LogP contribution < -0.4 is 16.2 Å². The van der Waals surface area contributed by atoms with Gasteiger partial charge in [0, 0.05) is 11.4 Å². The van der Waals surface area contributed by atoms with Crippen molar-refractivity contribution in [2.24, 2.45) is 5.14 Å². The number of nitrogen functional groups attached to an aromatic ring is 1. The number of anilines is 2. The number of aliphatic hydroxyl groups is 2. The highest BCUT2D eigenvalue weighted by molar-refractivity contribution is 7.89. The Labute approximate surface area is 105 Å². The van der Waals surface area contributed by atoms with E-state index >= 15 is 0 Å². The molecule has 0 atom stereocenters. The second-order valence-electron chi connectivity index (χ2n) is 4.34. The van der Waals surface area contributed by atoms with E-state index in [1.807, 2.05) is 0 Å². The molecule has 102 valence electrons. The van der Waals surface area contributed by atoms with Crippen LogP contribution in [0, 0.1) is 0 Å². The van der Waals surface area contributed by atoms with Crippen LogP contribution in [-0.4, -0.2) is 37.4 Å². The van der Waals surface area contributed by atoms with Gasteiger partial charge in [-0.25, -0.2) is 13.6 Å². The molecule has 0 bridgehead atoms. The molecule has 0 amide bonds. The number of primary sulfonamides is 1. The quantitative estimate of drug-likeness (QED) is 0.440. The Kier molecular flexibility index (Phi) is 4.17. The van der Waals surface area contributed by atoms with E-state index in [0.717, 1.165) is 0 Å². The van der Waals surface area contributed by atoms with Gasteiger partial charge in [-0.2, -0.15) is 0 Å². The third kappa shape index (κ3) is 3.57. The van der Waals surface area contributed by atoms with Crippen molar-refractivity contribution in [3.05, 3.63) is 18.2 Å². The number of nitrogens with two attached hydrogens (primary N) is 2. The fourth-order valence-corrected chi connectivity index (χ4v) is 1.93. The van der Waals surface area contributed by atoms with Gasteiger partial charge in [0.2, 0.25) is 10.0 Å². The Hall–Kier alpha value is -1.35. The normalized spacial score (nSPS) is 12.4. The van der Waals surface area contributed by atoms with E-state index in [4.69, 9.17) is 21.1 Å². The maximum atomic E-state index is 11.2. The SMILES string of the molecule is CC(CO)(CO)Nc1cc(N)cc(S(N)(=O)=O)c1. The molecular weight excluding hydrogens is 258 g/mol. The molecule has 0 aliphatic rings. The van der Waals surface area contributed by atoms with Crippen LogP contribution in [0.4, 0.5) is 11.4 Å². The van der Waals surface area contributed by atoms with Gasteiger partial charge >= 0.3 is 0 Å². The van der Waals surface area contributed by atoms with E-state index in [2.05, 4.69) is 5.32 Å². The van der Waals surface area contributed by atoms with Crippen molar-refractivity contribution in [1.29, 1.82) is 0 Å². The van der Waals surface area contributed by atoms with E-state index in [9.17, 15) is 8.42 Å². The van der Waals surface area contributed by atoms with Crippen LogP contribution in [0.15, 0.2) is 23.1 Å². The van der Waals surface area contributed by atoms with Gasteiger partial charge in [-0.15, -0.1) is 0 Å². The van der Waals surface area contributed by atoms with Gasteiger partial charge in [-0.1, -0.05) is 0 Å². The van der Waals surface area contributed by atoms with Crippen LogP contribution in [0.25, 0.3) is 0 Å². The second-order valence-corrected chi connectivity index (χ2v) is 5.90. The summed E-state index contributed by atoms with van der Waals surface area (Å²) < 4.78 is 22.5. The molecule has 1 aromatic carbocycles. The van der Waals surface area contributed by atoms with Crippen molar-refractivity contribution in [3.8, 4) is 0 Å². The maximum absolute atomic E-state index is 11.2. The van der Waals surface area contributed by atoms with E-state index < -0.39 is 15.6 Å². The lowest BCUT2D eigenvalue weighted by molar-refractivity contribution is 0.147. The lowest BCUT2D eigenvalue weighted by Crippen LogP contribution is -2.42. The smallest absolute Gasteiger partial charge is 0.238 e. The van der Waals surface area contributed by atoms with Crippen molar-refractivity contribution < 1.29 is 18.6 Å². The minimum Gasteiger partial charge on any atom is -0.399 e. The zero-order valence-electron chi connectivity index (χ0n) is 9.92. The maximum Gasteiger partial charge on any atom is 0.238 e. The molecule has 1 aromatic rings. The summed E-state index contributed by atoms with van der Waals surface area (Å²) in [4.78, 5) is -0.136. The molecule has 0 heterocycles. The molecule has 0 aliphatic carbocycles. The molecule has 0 fully saturated rings. The monoisotopic (exact) mass is 275 g/mol. The molecule has 0 saturated heterocycles. The van der Waals surface area contributed by atoms with Crippen LogP contribution in [0.5, 0.6) is 0 Å². The van der Waals surface area contributed by atoms with Crippen LogP contribution in [-0.2, 0) is 10.0 Å². The molecule has 1 rings (SSSR count). The lowest BCUT2D eigenvalue weighted by atomic mass is 10.0. The summed E-state index contributed by atoms with van der Waals surface area (Å²) in [5.41, 5.74) is 5.15. The van der Waals surface area contributed by atoms with E-state index in [0.29, 0.717) is 5.69 Å². The molecule has 8 heteroatoms. The number of rotatable bonds is 5. The predicted octanol–water partition coefficient (Wildman–Crippen LogP) is -0.929. The molecule has 0 aromatic heterocycles. The highest BCUT2D eigenvalue weighted by atomic mass is 32.2. The Balaban J connectivity index is 3.16. The van der Waals surface area contributed by atoms with Gasteiger partial charge in [0.15, 0.2) is 0 Å². The van der Waals surface area contributed by atoms with Gasteiger partial charge in [0.05, 0.1) is 23.6 Å². The Morgan fingerprint density at radius 1 is 1.28 bits per heavy atom. The zero-order chi connectivity index (χ0) is 14.0. The van der Waals surface area contributed by atoms with Gasteiger partial charge in [0.25, 0.3) is 0 Å². The summed E-state index contributed by atoms with van der Waals surface area (Å²) in [6.45, 7) is 0.916. The van der Waals surface area contributed by atoms with Crippen LogP contribution in [0.1, 0.15) is 6.92 Å². The van der Waals surface area contributed by atoms with Crippen molar-refractivity contribution in [1.82, 2.24) is 0 Å². The number of aliphatic hydroxyl groups excluding tert-OH is 2. The molecule has 7 nitrogen and oxygen atoms in total. The van der Waals surface area contributed by atoms with Gasteiger partial charge < -0.3 is 21.3 Å². The summed E-state index contributed by atoms with van der Waals surface area (Å²) >= 11 is 0. The minimum atomic E-state index is -3.86. The highest BCUT2D eigenvalue weighted by Crippen LogP contribution is 2.22. The van der Waals surface area contributed by atoms with Crippen LogP contribution >= 0.6 is 0 Å². The van der Waals surface area contributed by atoms with Gasteiger partial charge in [-0.05, 0) is 25.1 Å².